The van der Waals surface area contributed by atoms with E-state index < -0.39 is 0 Å². The van der Waals surface area contributed by atoms with Crippen molar-refractivity contribution in [2.75, 3.05) is 20.2 Å². The Kier molecular flexibility index (Phi) is 5.49. The van der Waals surface area contributed by atoms with Crippen LogP contribution in [0.4, 0.5) is 0 Å². The third-order valence-electron chi connectivity index (χ3n) is 2.57. The zero-order valence-corrected chi connectivity index (χ0v) is 10.5. The summed E-state index contributed by atoms with van der Waals surface area (Å²) in [5, 5.41) is 2.83. The van der Waals surface area contributed by atoms with Gasteiger partial charge in [0, 0.05) is 19.5 Å². The molecule has 17 heavy (non-hydrogen) atoms. The second kappa shape index (κ2) is 6.91. The first-order valence-corrected chi connectivity index (χ1v) is 5.77. The second-order valence-corrected chi connectivity index (χ2v) is 3.94. The van der Waals surface area contributed by atoms with E-state index in [0.717, 1.165) is 17.7 Å². The molecule has 1 amide bonds. The quantitative estimate of drug-likeness (QED) is 0.775. The number of nitrogens with one attached hydrogen (secondary N) is 1. The number of nitrogens with two attached hydrogens (primary N) is 1. The maximum Gasteiger partial charge on any atom is 0.221 e. The number of ether oxygens (including phenoxy) is 1. The Balaban J connectivity index is 2.42. The van der Waals surface area contributed by atoms with E-state index >= 15 is 0 Å². The van der Waals surface area contributed by atoms with Crippen molar-refractivity contribution >= 4 is 5.91 Å². The first kappa shape index (κ1) is 13.5. The summed E-state index contributed by atoms with van der Waals surface area (Å²) in [7, 11) is 1.66. The van der Waals surface area contributed by atoms with Crippen molar-refractivity contribution in [2.45, 2.75) is 19.8 Å². The average Bonchev–Trinajstić information content (AvgIpc) is 2.29. The van der Waals surface area contributed by atoms with Crippen LogP contribution in [-0.4, -0.2) is 26.1 Å². The lowest BCUT2D eigenvalue weighted by molar-refractivity contribution is -0.120. The summed E-state index contributed by atoms with van der Waals surface area (Å²) in [6.45, 7) is 3.05. The Hall–Kier alpha value is -1.55. The third kappa shape index (κ3) is 4.44. The van der Waals surface area contributed by atoms with Crippen molar-refractivity contribution < 1.29 is 9.53 Å². The first-order chi connectivity index (χ1) is 8.17. The van der Waals surface area contributed by atoms with Gasteiger partial charge >= 0.3 is 0 Å². The number of hydrogen-bond acceptors (Lipinski definition) is 3. The standard InChI is InChI=1S/C13H20N2O2/c1-10-9-11(3-4-12(10)17-2)6-8-15-13(16)5-7-14/h3-4,9H,5-8,14H2,1-2H3,(H,15,16). The Morgan fingerprint density at radius 3 is 2.82 bits per heavy atom. The molecule has 4 nitrogen and oxygen atoms in total. The second-order valence-electron chi connectivity index (χ2n) is 3.94. The Labute approximate surface area is 102 Å². The van der Waals surface area contributed by atoms with E-state index in [9.17, 15) is 4.79 Å². The van der Waals surface area contributed by atoms with Crippen LogP contribution in [0.3, 0.4) is 0 Å². The number of rotatable bonds is 6. The highest BCUT2D eigenvalue weighted by Gasteiger charge is 2.01. The zero-order valence-electron chi connectivity index (χ0n) is 10.5. The SMILES string of the molecule is COc1ccc(CCNC(=O)CCN)cc1C. The molecule has 0 spiro atoms. The lowest BCUT2D eigenvalue weighted by atomic mass is 10.1. The molecule has 1 aromatic carbocycles. The highest BCUT2D eigenvalue weighted by molar-refractivity contribution is 5.76. The van der Waals surface area contributed by atoms with Crippen LogP contribution in [-0.2, 0) is 11.2 Å². The molecule has 4 heteroatoms. The van der Waals surface area contributed by atoms with Crippen molar-refractivity contribution in [1.29, 1.82) is 0 Å². The minimum Gasteiger partial charge on any atom is -0.496 e. The number of amides is 1. The van der Waals surface area contributed by atoms with E-state index in [4.69, 9.17) is 10.5 Å². The Morgan fingerprint density at radius 2 is 2.24 bits per heavy atom. The van der Waals surface area contributed by atoms with Crippen molar-refractivity contribution in [3.63, 3.8) is 0 Å². The average molecular weight is 236 g/mol. The number of carbonyl (C=O) groups is 1. The topological polar surface area (TPSA) is 64.3 Å². The molecule has 0 saturated heterocycles. The molecule has 0 fully saturated rings. The molecule has 0 bridgehead atoms. The third-order valence-corrected chi connectivity index (χ3v) is 2.57. The molecule has 0 atom stereocenters. The molecule has 0 heterocycles. The number of methoxy groups -OCH3 is 1. The summed E-state index contributed by atoms with van der Waals surface area (Å²) < 4.78 is 5.19. The van der Waals surface area contributed by atoms with E-state index in [2.05, 4.69) is 11.4 Å². The first-order valence-electron chi connectivity index (χ1n) is 5.77. The fourth-order valence-electron chi connectivity index (χ4n) is 1.66. The van der Waals surface area contributed by atoms with Gasteiger partial charge in [0.25, 0.3) is 0 Å². The van der Waals surface area contributed by atoms with Crippen molar-refractivity contribution in [3.8, 4) is 5.75 Å². The van der Waals surface area contributed by atoms with Crippen LogP contribution in [0.15, 0.2) is 18.2 Å². The van der Waals surface area contributed by atoms with Crippen LogP contribution in [0, 0.1) is 6.92 Å². The fourth-order valence-corrected chi connectivity index (χ4v) is 1.66. The fraction of sp³-hybridized carbons (Fsp3) is 0.462. The molecule has 0 radical (unpaired) electrons. The van der Waals surface area contributed by atoms with Crippen LogP contribution in [0.1, 0.15) is 17.5 Å². The van der Waals surface area contributed by atoms with Gasteiger partial charge < -0.3 is 15.8 Å². The van der Waals surface area contributed by atoms with Gasteiger partial charge in [0.1, 0.15) is 5.75 Å². The molecular formula is C13H20N2O2. The van der Waals surface area contributed by atoms with Crippen LogP contribution in [0.2, 0.25) is 0 Å². The predicted molar refractivity (Wildman–Crippen MR) is 68.1 cm³/mol. The minimum atomic E-state index is 0.0118. The molecule has 0 aliphatic carbocycles. The van der Waals surface area contributed by atoms with E-state index in [1.165, 1.54) is 5.56 Å². The van der Waals surface area contributed by atoms with Gasteiger partial charge in [-0.05, 0) is 30.5 Å². The van der Waals surface area contributed by atoms with Gasteiger partial charge in [-0.3, -0.25) is 4.79 Å². The van der Waals surface area contributed by atoms with Crippen LogP contribution in [0.5, 0.6) is 5.75 Å². The lowest BCUT2D eigenvalue weighted by Gasteiger charge is -2.08. The minimum absolute atomic E-state index is 0.0118. The van der Waals surface area contributed by atoms with E-state index in [-0.39, 0.29) is 5.91 Å². The summed E-state index contributed by atoms with van der Waals surface area (Å²) in [6, 6.07) is 6.04. The van der Waals surface area contributed by atoms with Crippen LogP contribution < -0.4 is 15.8 Å². The van der Waals surface area contributed by atoms with Gasteiger partial charge in [-0.1, -0.05) is 12.1 Å². The largest absolute Gasteiger partial charge is 0.496 e. The van der Waals surface area contributed by atoms with Gasteiger partial charge in [-0.15, -0.1) is 0 Å². The zero-order chi connectivity index (χ0) is 12.7. The summed E-state index contributed by atoms with van der Waals surface area (Å²) in [4.78, 5) is 11.2. The van der Waals surface area contributed by atoms with E-state index in [1.54, 1.807) is 7.11 Å². The number of carbonyl (C=O) groups excluding carboxylic acids is 1. The molecule has 0 aromatic heterocycles. The Bertz CT molecular complexity index is 378. The molecule has 0 aliphatic heterocycles. The van der Waals surface area contributed by atoms with Gasteiger partial charge in [0.15, 0.2) is 0 Å². The number of aryl methyl sites for hydroxylation is 1. The molecular weight excluding hydrogens is 216 g/mol. The lowest BCUT2D eigenvalue weighted by Crippen LogP contribution is -2.27. The summed E-state index contributed by atoms with van der Waals surface area (Å²) in [5.74, 6) is 0.902. The summed E-state index contributed by atoms with van der Waals surface area (Å²) >= 11 is 0. The molecule has 1 rings (SSSR count). The molecule has 0 saturated carbocycles. The van der Waals surface area contributed by atoms with Crippen molar-refractivity contribution in [2.24, 2.45) is 5.73 Å². The summed E-state index contributed by atoms with van der Waals surface area (Å²) in [5.41, 5.74) is 7.59. The monoisotopic (exact) mass is 236 g/mol. The molecule has 1 aromatic rings. The maximum atomic E-state index is 11.2. The van der Waals surface area contributed by atoms with E-state index in [1.807, 2.05) is 19.1 Å². The van der Waals surface area contributed by atoms with Crippen molar-refractivity contribution in [3.05, 3.63) is 29.3 Å². The van der Waals surface area contributed by atoms with Gasteiger partial charge in [-0.2, -0.15) is 0 Å². The predicted octanol–water partition coefficient (Wildman–Crippen LogP) is 1.01. The van der Waals surface area contributed by atoms with Crippen LogP contribution >= 0.6 is 0 Å². The number of benzene rings is 1. The highest BCUT2D eigenvalue weighted by Crippen LogP contribution is 2.18. The number of hydrogen-bond donors (Lipinski definition) is 2. The van der Waals surface area contributed by atoms with Gasteiger partial charge in [-0.25, -0.2) is 0 Å². The van der Waals surface area contributed by atoms with Gasteiger partial charge in [0.2, 0.25) is 5.91 Å². The van der Waals surface area contributed by atoms with Gasteiger partial charge in [0.05, 0.1) is 7.11 Å². The van der Waals surface area contributed by atoms with E-state index in [0.29, 0.717) is 19.5 Å². The molecule has 0 aliphatic rings. The normalized spacial score (nSPS) is 10.1. The maximum absolute atomic E-state index is 11.2. The Morgan fingerprint density at radius 1 is 1.47 bits per heavy atom. The van der Waals surface area contributed by atoms with Crippen molar-refractivity contribution in [1.82, 2.24) is 5.32 Å². The molecule has 94 valence electrons. The molecule has 3 N–H and O–H groups in total. The highest BCUT2D eigenvalue weighted by atomic mass is 16.5. The molecule has 0 unspecified atom stereocenters. The smallest absolute Gasteiger partial charge is 0.221 e. The summed E-state index contributed by atoms with van der Waals surface area (Å²) in [6.07, 6.45) is 1.21. The van der Waals surface area contributed by atoms with Crippen LogP contribution in [0.25, 0.3) is 0 Å².